The van der Waals surface area contributed by atoms with Crippen molar-refractivity contribution in [1.82, 2.24) is 5.32 Å². The summed E-state index contributed by atoms with van der Waals surface area (Å²) >= 11 is 7.26. The topological polar surface area (TPSA) is 112 Å². The molecule has 1 atom stereocenters. The molecule has 32 heavy (non-hydrogen) atoms. The molecule has 0 spiro atoms. The molecule has 8 nitrogen and oxygen atoms in total. The predicted molar refractivity (Wildman–Crippen MR) is 130 cm³/mol. The molecule has 1 aromatic heterocycles. The minimum Gasteiger partial charge on any atom is -0.370 e. The van der Waals surface area contributed by atoms with Crippen LogP contribution < -0.4 is 26.6 Å². The molecule has 2 aromatic carbocycles. The maximum absolute atomic E-state index is 13.0. The summed E-state index contributed by atoms with van der Waals surface area (Å²) in [7, 11) is 0. The third-order valence-electron chi connectivity index (χ3n) is 4.79. The van der Waals surface area contributed by atoms with Gasteiger partial charge in [0.1, 0.15) is 6.04 Å². The van der Waals surface area contributed by atoms with Gasteiger partial charge in [0.25, 0.3) is 5.91 Å². The maximum atomic E-state index is 13.0. The monoisotopic (exact) mass is 468 g/mol. The molecule has 0 fully saturated rings. The van der Waals surface area contributed by atoms with Gasteiger partial charge in [0.05, 0.1) is 6.54 Å². The molecule has 1 aliphatic rings. The lowest BCUT2D eigenvalue weighted by Crippen LogP contribution is -2.39. The molecule has 0 bridgehead atoms. The first kappa shape index (κ1) is 21.7. The summed E-state index contributed by atoms with van der Waals surface area (Å²) in [6, 6.07) is 16.3. The van der Waals surface area contributed by atoms with Crippen LogP contribution in [0.15, 0.2) is 71.0 Å². The molecule has 10 heteroatoms. The smallest absolute Gasteiger partial charge is 0.320 e. The van der Waals surface area contributed by atoms with Crippen LogP contribution in [0.5, 0.6) is 0 Å². The summed E-state index contributed by atoms with van der Waals surface area (Å²) in [4.78, 5) is 32.3. The normalized spacial score (nSPS) is 13.9. The number of aliphatic imine (C=N–C) groups is 1. The zero-order chi connectivity index (χ0) is 22.5. The Bertz CT molecular complexity index is 1120. The number of nitrogens with two attached hydrogens (primary N) is 1. The van der Waals surface area contributed by atoms with Crippen molar-refractivity contribution in [2.75, 3.05) is 28.6 Å². The molecule has 5 N–H and O–H groups in total. The van der Waals surface area contributed by atoms with Crippen molar-refractivity contribution in [1.29, 1.82) is 0 Å². The van der Waals surface area contributed by atoms with Crippen molar-refractivity contribution < 1.29 is 9.59 Å². The lowest BCUT2D eigenvalue weighted by atomic mass is 10.2. The average Bonchev–Trinajstić information content (AvgIpc) is 3.46. The fourth-order valence-corrected chi connectivity index (χ4v) is 4.12. The molecule has 3 amide bonds. The highest BCUT2D eigenvalue weighted by Gasteiger charge is 2.24. The van der Waals surface area contributed by atoms with Gasteiger partial charge in [-0.05, 0) is 60.0 Å². The Hall–Kier alpha value is -3.56. The standard InChI is InChI=1S/C22H21ClN6O2S/c23-14-3-5-16(6-4-14)27-22(31)28-19(18-2-1-13-32-18)20(30)26-15-7-9-17(10-8-15)29-12-11-25-21(29)24/h1-10,13,19H,11-12H2,(H2,24,25)(H,26,30)(H2,27,28,31)/t19-/m0/s1. The number of nitrogens with one attached hydrogen (secondary N) is 3. The molecular formula is C22H21ClN6O2S. The van der Waals surface area contributed by atoms with Crippen LogP contribution in [0.25, 0.3) is 0 Å². The fraction of sp³-hybridized carbons (Fsp3) is 0.136. The Balaban J connectivity index is 1.43. The van der Waals surface area contributed by atoms with Gasteiger partial charge < -0.3 is 26.6 Å². The first-order valence-electron chi connectivity index (χ1n) is 9.84. The highest BCUT2D eigenvalue weighted by Crippen LogP contribution is 2.23. The van der Waals surface area contributed by atoms with Crippen LogP contribution in [0.3, 0.4) is 0 Å². The number of carbonyl (C=O) groups is 2. The molecule has 0 radical (unpaired) electrons. The number of carbonyl (C=O) groups excluding carboxylic acids is 2. The first-order chi connectivity index (χ1) is 15.5. The van der Waals surface area contributed by atoms with Crippen LogP contribution >= 0.6 is 22.9 Å². The number of anilines is 3. The van der Waals surface area contributed by atoms with E-state index in [1.54, 1.807) is 42.5 Å². The molecule has 3 aromatic rings. The Labute approximate surface area is 194 Å². The van der Waals surface area contributed by atoms with Crippen molar-refractivity contribution in [3.63, 3.8) is 0 Å². The fourth-order valence-electron chi connectivity index (χ4n) is 3.22. The highest BCUT2D eigenvalue weighted by molar-refractivity contribution is 7.10. The summed E-state index contributed by atoms with van der Waals surface area (Å²) in [5, 5.41) is 10.7. The lowest BCUT2D eigenvalue weighted by molar-refractivity contribution is -0.118. The Kier molecular flexibility index (Phi) is 6.58. The van der Waals surface area contributed by atoms with Crippen molar-refractivity contribution >= 4 is 57.9 Å². The average molecular weight is 469 g/mol. The summed E-state index contributed by atoms with van der Waals surface area (Å²) in [6.45, 7) is 1.39. The number of thiophene rings is 1. The third-order valence-corrected chi connectivity index (χ3v) is 5.98. The van der Waals surface area contributed by atoms with Crippen molar-refractivity contribution in [3.05, 3.63) is 75.9 Å². The molecule has 2 heterocycles. The number of urea groups is 1. The molecular weight excluding hydrogens is 448 g/mol. The van der Waals surface area contributed by atoms with Gasteiger partial charge in [-0.25, -0.2) is 4.79 Å². The zero-order valence-corrected chi connectivity index (χ0v) is 18.5. The van der Waals surface area contributed by atoms with Gasteiger partial charge in [-0.3, -0.25) is 9.79 Å². The van der Waals surface area contributed by atoms with Crippen LogP contribution in [0.1, 0.15) is 10.9 Å². The molecule has 0 aliphatic carbocycles. The number of hydrogen-bond donors (Lipinski definition) is 4. The van der Waals surface area contributed by atoms with Crippen LogP contribution in [0.2, 0.25) is 5.02 Å². The molecule has 4 rings (SSSR count). The highest BCUT2D eigenvalue weighted by atomic mass is 35.5. The van der Waals surface area contributed by atoms with E-state index in [1.807, 2.05) is 28.5 Å². The van der Waals surface area contributed by atoms with Gasteiger partial charge in [0, 0.05) is 33.5 Å². The number of rotatable bonds is 6. The van der Waals surface area contributed by atoms with E-state index in [4.69, 9.17) is 17.3 Å². The van der Waals surface area contributed by atoms with E-state index in [9.17, 15) is 9.59 Å². The van der Waals surface area contributed by atoms with E-state index in [0.717, 1.165) is 12.2 Å². The molecule has 164 valence electrons. The number of nitrogens with zero attached hydrogens (tertiary/aromatic N) is 2. The second-order valence-electron chi connectivity index (χ2n) is 6.98. The lowest BCUT2D eigenvalue weighted by Gasteiger charge is -2.19. The number of amides is 3. The van der Waals surface area contributed by atoms with E-state index in [-0.39, 0.29) is 5.91 Å². The minimum absolute atomic E-state index is 0.353. The van der Waals surface area contributed by atoms with E-state index in [1.165, 1.54) is 11.3 Å². The van der Waals surface area contributed by atoms with Crippen LogP contribution in [-0.4, -0.2) is 31.0 Å². The molecule has 0 unspecified atom stereocenters. The summed E-state index contributed by atoms with van der Waals surface area (Å²) in [6.07, 6.45) is 0. The van der Waals surface area contributed by atoms with Gasteiger partial charge in [-0.1, -0.05) is 17.7 Å². The Morgan fingerprint density at radius 3 is 2.34 bits per heavy atom. The second-order valence-corrected chi connectivity index (χ2v) is 8.40. The van der Waals surface area contributed by atoms with Crippen LogP contribution in [0.4, 0.5) is 21.9 Å². The van der Waals surface area contributed by atoms with E-state index >= 15 is 0 Å². The molecule has 0 saturated heterocycles. The zero-order valence-electron chi connectivity index (χ0n) is 16.9. The van der Waals surface area contributed by atoms with E-state index < -0.39 is 12.1 Å². The van der Waals surface area contributed by atoms with Gasteiger partial charge >= 0.3 is 6.03 Å². The summed E-state index contributed by atoms with van der Waals surface area (Å²) < 4.78 is 0. The largest absolute Gasteiger partial charge is 0.370 e. The van der Waals surface area contributed by atoms with Crippen molar-refractivity contribution in [3.8, 4) is 0 Å². The molecule has 1 aliphatic heterocycles. The number of guanidine groups is 1. The van der Waals surface area contributed by atoms with Gasteiger partial charge in [0.2, 0.25) is 0 Å². The predicted octanol–water partition coefficient (Wildman–Crippen LogP) is 4.04. The second kappa shape index (κ2) is 9.71. The van der Waals surface area contributed by atoms with E-state index in [0.29, 0.717) is 33.8 Å². The maximum Gasteiger partial charge on any atom is 0.320 e. The summed E-state index contributed by atoms with van der Waals surface area (Å²) in [5.41, 5.74) is 7.96. The number of halogens is 1. The Morgan fingerprint density at radius 2 is 1.72 bits per heavy atom. The van der Waals surface area contributed by atoms with Gasteiger partial charge in [-0.15, -0.1) is 11.3 Å². The molecule has 0 saturated carbocycles. The van der Waals surface area contributed by atoms with Crippen molar-refractivity contribution in [2.24, 2.45) is 10.7 Å². The summed E-state index contributed by atoms with van der Waals surface area (Å²) in [5.74, 6) is 0.129. The van der Waals surface area contributed by atoms with Gasteiger partial charge in [0.15, 0.2) is 5.96 Å². The number of hydrogen-bond acceptors (Lipinski definition) is 6. The minimum atomic E-state index is -0.858. The SMILES string of the molecule is NC1=NCCN1c1ccc(NC(=O)[C@@H](NC(=O)Nc2ccc(Cl)cc2)c2cccs2)cc1. The first-order valence-corrected chi connectivity index (χ1v) is 11.1. The van der Waals surface area contributed by atoms with Crippen LogP contribution in [-0.2, 0) is 4.79 Å². The van der Waals surface area contributed by atoms with E-state index in [2.05, 4.69) is 20.9 Å². The quantitative estimate of drug-likeness (QED) is 0.437. The van der Waals surface area contributed by atoms with Crippen LogP contribution in [0, 0.1) is 0 Å². The van der Waals surface area contributed by atoms with Gasteiger partial charge in [-0.2, -0.15) is 0 Å². The number of benzene rings is 2. The third kappa shape index (κ3) is 5.19. The van der Waals surface area contributed by atoms with Crippen molar-refractivity contribution in [2.45, 2.75) is 6.04 Å². The Morgan fingerprint density at radius 1 is 1.03 bits per heavy atom.